The predicted octanol–water partition coefficient (Wildman–Crippen LogP) is 5.22. The minimum Gasteiger partial charge on any atom is -0.404 e. The molecule has 0 saturated carbocycles. The van der Waals surface area contributed by atoms with Gasteiger partial charge in [0.25, 0.3) is 0 Å². The number of nitrogens with zero attached hydrogens (tertiary/aromatic N) is 2. The molecule has 3 N–H and O–H groups in total. The molecule has 1 amide bonds. The van der Waals surface area contributed by atoms with Crippen molar-refractivity contribution < 1.29 is 41.3 Å². The lowest BCUT2D eigenvalue weighted by atomic mass is 10.1. The minimum atomic E-state index is -5.00. The Morgan fingerprint density at radius 1 is 1.07 bits per heavy atom. The lowest BCUT2D eigenvalue weighted by molar-refractivity contribution is -0.274. The van der Waals surface area contributed by atoms with Gasteiger partial charge in [0, 0.05) is 42.2 Å². The molecule has 1 aromatic heterocycles. The Kier molecular flexibility index (Phi) is 8.11. The van der Waals surface area contributed by atoms with E-state index in [9.17, 15) is 31.9 Å². The first-order chi connectivity index (χ1) is 19.4. The van der Waals surface area contributed by atoms with Crippen molar-refractivity contribution >= 4 is 17.3 Å². The van der Waals surface area contributed by atoms with E-state index in [2.05, 4.69) is 20.4 Å². The van der Waals surface area contributed by atoms with Gasteiger partial charge >= 0.3 is 6.36 Å². The van der Waals surface area contributed by atoms with Crippen molar-refractivity contribution in [2.24, 2.45) is 0 Å². The van der Waals surface area contributed by atoms with Crippen molar-refractivity contribution in [2.75, 3.05) is 23.7 Å². The van der Waals surface area contributed by atoms with Crippen LogP contribution in [0.25, 0.3) is 11.3 Å². The number of likely N-dealkylation sites (tertiary alicyclic amines) is 1. The van der Waals surface area contributed by atoms with Crippen LogP contribution in [0, 0.1) is 11.6 Å². The number of ether oxygens (including phenoxy) is 2. The van der Waals surface area contributed by atoms with E-state index >= 15 is 0 Å². The summed E-state index contributed by atoms with van der Waals surface area (Å²) in [5.41, 5.74) is 0.670. The molecule has 2 aromatic carbocycles. The van der Waals surface area contributed by atoms with Crippen molar-refractivity contribution in [1.82, 2.24) is 9.88 Å². The van der Waals surface area contributed by atoms with Gasteiger partial charge in [0.2, 0.25) is 5.91 Å². The molecule has 3 heterocycles. The summed E-state index contributed by atoms with van der Waals surface area (Å²) < 4.78 is 76.2. The number of anilines is 2. The quantitative estimate of drug-likeness (QED) is 0.249. The van der Waals surface area contributed by atoms with Gasteiger partial charge in [-0.05, 0) is 56.2 Å². The standard InChI is InChI=1S/C28H27F5N4O4/c1-15(37-13-21-4-5-22(14-37)40-21)26(38)36-24-11-20(3-7-25(24)41-28(31,32)33)35-27(39)16-2-6-23(34-12-16)17-8-18(29)10-19(30)9-17/h2-3,6-12,15,21-22,27,35,39H,4-5,13-14H2,1H3,(H,36,38). The third kappa shape index (κ3) is 7.10. The van der Waals surface area contributed by atoms with E-state index in [0.29, 0.717) is 13.1 Å². The zero-order valence-corrected chi connectivity index (χ0v) is 21.8. The zero-order chi connectivity index (χ0) is 29.3. The maximum atomic E-state index is 13.5. The maximum Gasteiger partial charge on any atom is 0.573 e. The van der Waals surface area contributed by atoms with Crippen LogP contribution in [-0.2, 0) is 9.53 Å². The monoisotopic (exact) mass is 578 g/mol. The number of nitrogens with one attached hydrogen (secondary N) is 2. The summed E-state index contributed by atoms with van der Waals surface area (Å²) in [5.74, 6) is -2.67. The lowest BCUT2D eigenvalue weighted by Gasteiger charge is -2.35. The van der Waals surface area contributed by atoms with Gasteiger partial charge in [0.15, 0.2) is 12.0 Å². The molecule has 41 heavy (non-hydrogen) atoms. The number of pyridine rings is 1. The zero-order valence-electron chi connectivity index (χ0n) is 21.8. The van der Waals surface area contributed by atoms with Crippen LogP contribution >= 0.6 is 0 Å². The molecule has 13 heteroatoms. The Labute approximate surface area is 232 Å². The van der Waals surface area contributed by atoms with Gasteiger partial charge in [-0.1, -0.05) is 6.07 Å². The number of rotatable bonds is 8. The lowest BCUT2D eigenvalue weighted by Crippen LogP contribution is -2.51. The van der Waals surface area contributed by atoms with Crippen LogP contribution in [0.1, 0.15) is 31.6 Å². The highest BCUT2D eigenvalue weighted by Gasteiger charge is 2.38. The average molecular weight is 579 g/mol. The number of carbonyl (C=O) groups is 1. The van der Waals surface area contributed by atoms with E-state index in [0.717, 1.165) is 37.1 Å². The number of hydrogen-bond acceptors (Lipinski definition) is 7. The van der Waals surface area contributed by atoms with Crippen molar-refractivity contribution in [3.8, 4) is 17.0 Å². The van der Waals surface area contributed by atoms with Crippen LogP contribution in [0.3, 0.4) is 0 Å². The topological polar surface area (TPSA) is 96.0 Å². The Hall–Kier alpha value is -3.81. The first-order valence-electron chi connectivity index (χ1n) is 12.9. The Morgan fingerprint density at radius 3 is 2.37 bits per heavy atom. The average Bonchev–Trinajstić information content (AvgIpc) is 3.25. The first-order valence-corrected chi connectivity index (χ1v) is 12.9. The largest absolute Gasteiger partial charge is 0.573 e. The van der Waals surface area contributed by atoms with Crippen LogP contribution in [0.15, 0.2) is 54.7 Å². The third-order valence-corrected chi connectivity index (χ3v) is 7.03. The molecule has 2 bridgehead atoms. The first kappa shape index (κ1) is 28.7. The number of carbonyl (C=O) groups excluding carboxylic acids is 1. The number of aromatic nitrogens is 1. The van der Waals surface area contributed by atoms with Gasteiger partial charge in [-0.25, -0.2) is 8.78 Å². The van der Waals surface area contributed by atoms with Crippen molar-refractivity contribution in [1.29, 1.82) is 0 Å². The summed E-state index contributed by atoms with van der Waals surface area (Å²) in [6.45, 7) is 2.77. The van der Waals surface area contributed by atoms with E-state index in [4.69, 9.17) is 4.74 Å². The van der Waals surface area contributed by atoms with Gasteiger partial charge < -0.3 is 25.2 Å². The van der Waals surface area contributed by atoms with E-state index < -0.39 is 41.9 Å². The molecule has 3 aromatic rings. The summed E-state index contributed by atoms with van der Waals surface area (Å²) >= 11 is 0. The summed E-state index contributed by atoms with van der Waals surface area (Å²) in [5, 5.41) is 15.9. The molecule has 8 nitrogen and oxygen atoms in total. The second-order valence-corrected chi connectivity index (χ2v) is 10.0. The van der Waals surface area contributed by atoms with E-state index in [1.54, 1.807) is 6.92 Å². The Balaban J connectivity index is 1.31. The van der Waals surface area contributed by atoms with Crippen molar-refractivity contribution in [3.63, 3.8) is 0 Å². The molecule has 5 rings (SSSR count). The molecule has 2 aliphatic heterocycles. The minimum absolute atomic E-state index is 0.0284. The second-order valence-electron chi connectivity index (χ2n) is 10.0. The van der Waals surface area contributed by atoms with E-state index in [1.807, 2.05) is 4.90 Å². The van der Waals surface area contributed by atoms with Gasteiger partial charge in [-0.15, -0.1) is 13.2 Å². The van der Waals surface area contributed by atoms with Gasteiger partial charge in [-0.3, -0.25) is 14.7 Å². The van der Waals surface area contributed by atoms with Gasteiger partial charge in [0.1, 0.15) is 11.6 Å². The molecule has 0 aliphatic carbocycles. The van der Waals surface area contributed by atoms with Crippen LogP contribution in [0.4, 0.5) is 33.3 Å². The van der Waals surface area contributed by atoms with Gasteiger partial charge in [-0.2, -0.15) is 0 Å². The van der Waals surface area contributed by atoms with Crippen LogP contribution in [-0.4, -0.2) is 58.6 Å². The number of aliphatic hydroxyl groups excluding tert-OH is 1. The predicted molar refractivity (Wildman–Crippen MR) is 139 cm³/mol. The smallest absolute Gasteiger partial charge is 0.404 e. The molecule has 2 fully saturated rings. The molecular formula is C28H27F5N4O4. The van der Waals surface area contributed by atoms with Crippen molar-refractivity contribution in [3.05, 3.63) is 71.9 Å². The molecule has 2 saturated heterocycles. The van der Waals surface area contributed by atoms with Crippen LogP contribution in [0.2, 0.25) is 0 Å². The normalized spacial score (nSPS) is 20.4. The Morgan fingerprint density at radius 2 is 1.76 bits per heavy atom. The summed E-state index contributed by atoms with van der Waals surface area (Å²) in [6.07, 6.45) is -3.21. The van der Waals surface area contributed by atoms with Crippen molar-refractivity contribution in [2.45, 2.75) is 50.6 Å². The van der Waals surface area contributed by atoms with E-state index in [1.165, 1.54) is 30.5 Å². The van der Waals surface area contributed by atoms with Crippen LogP contribution < -0.4 is 15.4 Å². The molecule has 0 radical (unpaired) electrons. The van der Waals surface area contributed by atoms with E-state index in [-0.39, 0.29) is 40.4 Å². The molecule has 2 aliphatic rings. The summed E-state index contributed by atoms with van der Waals surface area (Å²) in [6, 6.07) is 8.75. The fraction of sp³-hybridized carbons (Fsp3) is 0.357. The second kappa shape index (κ2) is 11.6. The number of morpholine rings is 1. The summed E-state index contributed by atoms with van der Waals surface area (Å²) in [4.78, 5) is 19.1. The molecular weight excluding hydrogens is 551 g/mol. The number of aliphatic hydroxyl groups is 1. The highest BCUT2D eigenvalue weighted by Crippen LogP contribution is 2.34. The van der Waals surface area contributed by atoms with Gasteiger partial charge in [0.05, 0.1) is 29.6 Å². The highest BCUT2D eigenvalue weighted by molar-refractivity contribution is 5.96. The molecule has 0 spiro atoms. The fourth-order valence-electron chi connectivity index (χ4n) is 4.98. The number of fused-ring (bicyclic) bond motifs is 2. The van der Waals surface area contributed by atoms with Crippen LogP contribution in [0.5, 0.6) is 5.75 Å². The fourth-order valence-corrected chi connectivity index (χ4v) is 4.98. The number of alkyl halides is 3. The summed E-state index contributed by atoms with van der Waals surface area (Å²) in [7, 11) is 0. The Bertz CT molecular complexity index is 1370. The maximum absolute atomic E-state index is 13.5. The number of amides is 1. The molecule has 4 atom stereocenters. The molecule has 4 unspecified atom stereocenters. The SMILES string of the molecule is CC(C(=O)Nc1cc(NC(O)c2ccc(-c3cc(F)cc(F)c3)nc2)ccc1OC(F)(F)F)N1CC2CCC(C1)O2. The number of hydrogen-bond donors (Lipinski definition) is 3. The number of halogens is 5. The number of benzene rings is 2. The molecule has 218 valence electrons. The third-order valence-electron chi connectivity index (χ3n) is 7.03. The highest BCUT2D eigenvalue weighted by atomic mass is 19.4.